The summed E-state index contributed by atoms with van der Waals surface area (Å²) in [7, 11) is 0. The van der Waals surface area contributed by atoms with Crippen molar-refractivity contribution in [3.05, 3.63) is 60.0 Å². The number of benzene rings is 1. The lowest BCUT2D eigenvalue weighted by atomic mass is 10.0. The number of hydrogen-bond donors (Lipinski definition) is 1. The molecule has 1 atom stereocenters. The zero-order valence-electron chi connectivity index (χ0n) is 12.2. The SMILES string of the molecule is C[C@@H](Nc1ncnc2ncccc12)c1cccc(C(F)(F)F)c1. The summed E-state index contributed by atoms with van der Waals surface area (Å²) in [5.41, 5.74) is 0.384. The number of fused-ring (bicyclic) bond motifs is 1. The number of aromatic nitrogens is 3. The Kier molecular flexibility index (Phi) is 3.85. The van der Waals surface area contributed by atoms with Crippen molar-refractivity contribution in [1.82, 2.24) is 15.0 Å². The average Bonchev–Trinajstić information content (AvgIpc) is 2.54. The third-order valence-electron chi connectivity index (χ3n) is 3.48. The van der Waals surface area contributed by atoms with Gasteiger partial charge in [-0.05, 0) is 36.8 Å². The van der Waals surface area contributed by atoms with Gasteiger partial charge in [-0.1, -0.05) is 12.1 Å². The standard InChI is InChI=1S/C16H13F3N4/c1-10(11-4-2-5-12(8-11)16(17,18)19)23-15-13-6-3-7-20-14(13)21-9-22-15/h2-10H,1H3,(H,20,21,22,23)/t10-/m1/s1. The second kappa shape index (κ2) is 5.83. The summed E-state index contributed by atoms with van der Waals surface area (Å²) in [5, 5.41) is 3.84. The molecular weight excluding hydrogens is 305 g/mol. The Morgan fingerprint density at radius 1 is 1.04 bits per heavy atom. The lowest BCUT2D eigenvalue weighted by molar-refractivity contribution is -0.137. The minimum Gasteiger partial charge on any atom is -0.363 e. The van der Waals surface area contributed by atoms with Gasteiger partial charge < -0.3 is 5.32 Å². The first-order chi connectivity index (χ1) is 10.9. The molecule has 23 heavy (non-hydrogen) atoms. The maximum Gasteiger partial charge on any atom is 0.416 e. The molecule has 118 valence electrons. The molecule has 0 spiro atoms. The number of pyridine rings is 1. The number of nitrogens with zero attached hydrogens (tertiary/aromatic N) is 3. The largest absolute Gasteiger partial charge is 0.416 e. The van der Waals surface area contributed by atoms with Crippen molar-refractivity contribution in [3.8, 4) is 0 Å². The first kappa shape index (κ1) is 15.2. The van der Waals surface area contributed by atoms with E-state index in [1.165, 1.54) is 12.4 Å². The van der Waals surface area contributed by atoms with Crippen LogP contribution in [0.2, 0.25) is 0 Å². The fourth-order valence-corrected chi connectivity index (χ4v) is 2.28. The molecule has 3 aromatic rings. The fourth-order valence-electron chi connectivity index (χ4n) is 2.28. The van der Waals surface area contributed by atoms with Crippen molar-refractivity contribution >= 4 is 16.9 Å². The van der Waals surface area contributed by atoms with E-state index in [1.807, 2.05) is 6.07 Å². The van der Waals surface area contributed by atoms with Crippen LogP contribution in [0.15, 0.2) is 48.9 Å². The number of nitrogens with one attached hydrogen (secondary N) is 1. The van der Waals surface area contributed by atoms with Crippen LogP contribution >= 0.6 is 0 Å². The van der Waals surface area contributed by atoms with E-state index in [-0.39, 0.29) is 6.04 Å². The zero-order chi connectivity index (χ0) is 16.4. The highest BCUT2D eigenvalue weighted by atomic mass is 19.4. The van der Waals surface area contributed by atoms with E-state index < -0.39 is 11.7 Å². The molecule has 1 aromatic carbocycles. The maximum atomic E-state index is 12.8. The first-order valence-corrected chi connectivity index (χ1v) is 6.94. The Balaban J connectivity index is 1.91. The van der Waals surface area contributed by atoms with Crippen LogP contribution in [0.25, 0.3) is 11.0 Å². The molecule has 0 aliphatic rings. The van der Waals surface area contributed by atoms with Gasteiger partial charge in [0.05, 0.1) is 10.9 Å². The van der Waals surface area contributed by atoms with Gasteiger partial charge in [0.25, 0.3) is 0 Å². The van der Waals surface area contributed by atoms with Crippen molar-refractivity contribution in [3.63, 3.8) is 0 Å². The van der Waals surface area contributed by atoms with Crippen LogP contribution < -0.4 is 5.32 Å². The topological polar surface area (TPSA) is 50.7 Å². The summed E-state index contributed by atoms with van der Waals surface area (Å²) in [5.74, 6) is 0.535. The Bertz CT molecular complexity index is 827. The predicted molar refractivity (Wildman–Crippen MR) is 80.8 cm³/mol. The Labute approximate surface area is 130 Å². The summed E-state index contributed by atoms with van der Waals surface area (Å²) < 4.78 is 38.5. The predicted octanol–water partition coefficient (Wildman–Crippen LogP) is 4.22. The second-order valence-corrected chi connectivity index (χ2v) is 5.09. The molecule has 7 heteroatoms. The highest BCUT2D eigenvalue weighted by Gasteiger charge is 2.30. The maximum absolute atomic E-state index is 12.8. The van der Waals surface area contributed by atoms with Gasteiger partial charge >= 0.3 is 6.18 Å². The highest BCUT2D eigenvalue weighted by Crippen LogP contribution is 2.31. The molecule has 0 unspecified atom stereocenters. The van der Waals surface area contributed by atoms with Crippen LogP contribution in [0.4, 0.5) is 19.0 Å². The van der Waals surface area contributed by atoms with E-state index in [1.54, 1.807) is 25.3 Å². The third-order valence-corrected chi connectivity index (χ3v) is 3.48. The molecule has 0 amide bonds. The van der Waals surface area contributed by atoms with E-state index in [0.717, 1.165) is 12.1 Å². The van der Waals surface area contributed by atoms with Crippen molar-refractivity contribution in [1.29, 1.82) is 0 Å². The Morgan fingerprint density at radius 2 is 1.87 bits per heavy atom. The van der Waals surface area contributed by atoms with Gasteiger partial charge in [-0.3, -0.25) is 0 Å². The molecule has 3 rings (SSSR count). The van der Waals surface area contributed by atoms with Crippen molar-refractivity contribution < 1.29 is 13.2 Å². The van der Waals surface area contributed by atoms with E-state index in [9.17, 15) is 13.2 Å². The van der Waals surface area contributed by atoms with Crippen molar-refractivity contribution in [2.45, 2.75) is 19.1 Å². The van der Waals surface area contributed by atoms with Crippen LogP contribution in [-0.4, -0.2) is 15.0 Å². The van der Waals surface area contributed by atoms with Gasteiger partial charge in [0, 0.05) is 12.2 Å². The summed E-state index contributed by atoms with van der Waals surface area (Å²) in [4.78, 5) is 12.3. The summed E-state index contributed by atoms with van der Waals surface area (Å²) in [6.07, 6.45) is -1.37. The lowest BCUT2D eigenvalue weighted by Crippen LogP contribution is -2.11. The van der Waals surface area contributed by atoms with Gasteiger partial charge in [-0.15, -0.1) is 0 Å². The molecule has 0 radical (unpaired) electrons. The van der Waals surface area contributed by atoms with Gasteiger partial charge in [0.2, 0.25) is 0 Å². The normalized spacial score (nSPS) is 13.0. The van der Waals surface area contributed by atoms with Crippen LogP contribution in [-0.2, 0) is 6.18 Å². The van der Waals surface area contributed by atoms with E-state index in [2.05, 4.69) is 20.3 Å². The summed E-state index contributed by atoms with van der Waals surface area (Å²) in [6.45, 7) is 1.78. The average molecular weight is 318 g/mol. The second-order valence-electron chi connectivity index (χ2n) is 5.09. The first-order valence-electron chi connectivity index (χ1n) is 6.94. The number of hydrogen-bond acceptors (Lipinski definition) is 4. The minimum absolute atomic E-state index is 0.351. The lowest BCUT2D eigenvalue weighted by Gasteiger charge is -2.17. The molecule has 0 saturated heterocycles. The van der Waals surface area contributed by atoms with Crippen LogP contribution in [0.3, 0.4) is 0 Å². The Hall–Kier alpha value is -2.70. The molecular formula is C16H13F3N4. The smallest absolute Gasteiger partial charge is 0.363 e. The van der Waals surface area contributed by atoms with Crippen molar-refractivity contribution in [2.75, 3.05) is 5.32 Å². The fraction of sp³-hybridized carbons (Fsp3) is 0.188. The monoisotopic (exact) mass is 318 g/mol. The number of halogens is 3. The number of rotatable bonds is 3. The summed E-state index contributed by atoms with van der Waals surface area (Å²) in [6, 6.07) is 8.45. The van der Waals surface area contributed by atoms with Crippen LogP contribution in [0.1, 0.15) is 24.1 Å². The quantitative estimate of drug-likeness (QED) is 0.785. The van der Waals surface area contributed by atoms with Crippen LogP contribution in [0.5, 0.6) is 0 Å². The molecule has 4 nitrogen and oxygen atoms in total. The molecule has 0 bridgehead atoms. The molecule has 1 N–H and O–H groups in total. The van der Waals surface area contributed by atoms with E-state index in [0.29, 0.717) is 22.4 Å². The number of alkyl halides is 3. The van der Waals surface area contributed by atoms with Gasteiger partial charge in [-0.2, -0.15) is 13.2 Å². The van der Waals surface area contributed by atoms with Crippen molar-refractivity contribution in [2.24, 2.45) is 0 Å². The molecule has 2 heterocycles. The number of anilines is 1. The van der Waals surface area contributed by atoms with E-state index in [4.69, 9.17) is 0 Å². The molecule has 0 saturated carbocycles. The third kappa shape index (κ3) is 3.23. The van der Waals surface area contributed by atoms with E-state index >= 15 is 0 Å². The Morgan fingerprint density at radius 3 is 2.65 bits per heavy atom. The van der Waals surface area contributed by atoms with Gasteiger partial charge in [-0.25, -0.2) is 15.0 Å². The zero-order valence-corrected chi connectivity index (χ0v) is 12.2. The minimum atomic E-state index is -4.36. The van der Waals surface area contributed by atoms with Gasteiger partial charge in [0.15, 0.2) is 5.65 Å². The molecule has 0 fully saturated rings. The highest BCUT2D eigenvalue weighted by molar-refractivity contribution is 5.85. The summed E-state index contributed by atoms with van der Waals surface area (Å²) >= 11 is 0. The molecule has 2 aromatic heterocycles. The van der Waals surface area contributed by atoms with Gasteiger partial charge in [0.1, 0.15) is 12.1 Å². The molecule has 0 aliphatic heterocycles. The van der Waals surface area contributed by atoms with Crippen LogP contribution in [0, 0.1) is 0 Å². The molecule has 0 aliphatic carbocycles.